The fraction of sp³-hybridized carbons (Fsp3) is 0.452. The summed E-state index contributed by atoms with van der Waals surface area (Å²) in [6.07, 6.45) is 3.84. The van der Waals surface area contributed by atoms with Crippen LogP contribution in [0.25, 0.3) is 0 Å². The van der Waals surface area contributed by atoms with Crippen LogP contribution in [0.5, 0.6) is 0 Å². The third-order valence-electron chi connectivity index (χ3n) is 6.90. The van der Waals surface area contributed by atoms with Crippen LogP contribution in [-0.4, -0.2) is 41.9 Å². The van der Waals surface area contributed by atoms with Crippen molar-refractivity contribution in [2.45, 2.75) is 65.1 Å². The first-order valence-electron chi connectivity index (χ1n) is 13.3. The highest BCUT2D eigenvalue weighted by Gasteiger charge is 2.17. The molecular formula is C31H41N3O2. The molecule has 5 nitrogen and oxygen atoms in total. The van der Waals surface area contributed by atoms with E-state index >= 15 is 0 Å². The van der Waals surface area contributed by atoms with Crippen molar-refractivity contribution in [2.75, 3.05) is 26.2 Å². The van der Waals surface area contributed by atoms with E-state index in [1.807, 2.05) is 12.1 Å². The Balaban J connectivity index is 1.37. The fourth-order valence-electron chi connectivity index (χ4n) is 4.78. The summed E-state index contributed by atoms with van der Waals surface area (Å²) in [6, 6.07) is 23.1. The summed E-state index contributed by atoms with van der Waals surface area (Å²) in [6.45, 7) is 12.8. The maximum absolute atomic E-state index is 12.6. The molecule has 0 unspecified atom stereocenters. The Bertz CT molecular complexity index is 1080. The number of piperidine rings is 1. The number of benzene rings is 2. The smallest absolute Gasteiger partial charge is 0.287 e. The molecule has 2 heterocycles. The quantitative estimate of drug-likeness (QED) is 0.381. The van der Waals surface area contributed by atoms with E-state index in [-0.39, 0.29) is 11.3 Å². The van der Waals surface area contributed by atoms with Gasteiger partial charge in [0.1, 0.15) is 5.76 Å². The van der Waals surface area contributed by atoms with E-state index < -0.39 is 0 Å². The van der Waals surface area contributed by atoms with Crippen LogP contribution in [0.4, 0.5) is 0 Å². The SMILES string of the molecule is CC(C)(C)c1ccc(CN(Cc2ccccc2)Cc2ccc(C(=O)NCCN3CCCCC3)o2)cc1. The Morgan fingerprint density at radius 1 is 0.861 bits per heavy atom. The van der Waals surface area contributed by atoms with Gasteiger partial charge in [-0.25, -0.2) is 0 Å². The number of furan rings is 1. The highest BCUT2D eigenvalue weighted by Crippen LogP contribution is 2.23. The normalized spacial score (nSPS) is 14.8. The number of hydrogen-bond acceptors (Lipinski definition) is 4. The van der Waals surface area contributed by atoms with Crippen LogP contribution >= 0.6 is 0 Å². The second-order valence-electron chi connectivity index (χ2n) is 11.0. The van der Waals surface area contributed by atoms with Gasteiger partial charge in [-0.15, -0.1) is 0 Å². The largest absolute Gasteiger partial charge is 0.455 e. The van der Waals surface area contributed by atoms with Crippen molar-refractivity contribution in [3.63, 3.8) is 0 Å². The van der Waals surface area contributed by atoms with Crippen LogP contribution in [0.3, 0.4) is 0 Å². The van der Waals surface area contributed by atoms with E-state index in [1.54, 1.807) is 6.07 Å². The molecule has 1 fully saturated rings. The van der Waals surface area contributed by atoms with Crippen LogP contribution in [0, 0.1) is 0 Å². The maximum atomic E-state index is 12.6. The second-order valence-corrected chi connectivity index (χ2v) is 11.0. The topological polar surface area (TPSA) is 48.7 Å². The number of carbonyl (C=O) groups is 1. The second kappa shape index (κ2) is 12.4. The lowest BCUT2D eigenvalue weighted by molar-refractivity contribution is 0.0914. The molecule has 1 N–H and O–H groups in total. The van der Waals surface area contributed by atoms with Gasteiger partial charge in [0.05, 0.1) is 6.54 Å². The van der Waals surface area contributed by atoms with Gasteiger partial charge >= 0.3 is 0 Å². The summed E-state index contributed by atoms with van der Waals surface area (Å²) >= 11 is 0. The molecule has 0 saturated carbocycles. The average Bonchev–Trinajstić information content (AvgIpc) is 3.34. The molecule has 36 heavy (non-hydrogen) atoms. The van der Waals surface area contributed by atoms with E-state index in [9.17, 15) is 4.79 Å². The molecular weight excluding hydrogens is 446 g/mol. The van der Waals surface area contributed by atoms with Gasteiger partial charge in [0.15, 0.2) is 5.76 Å². The highest BCUT2D eigenvalue weighted by atomic mass is 16.4. The number of hydrogen-bond donors (Lipinski definition) is 1. The monoisotopic (exact) mass is 487 g/mol. The van der Waals surface area contributed by atoms with Crippen LogP contribution < -0.4 is 5.32 Å². The van der Waals surface area contributed by atoms with E-state index in [0.717, 1.165) is 38.5 Å². The molecule has 3 aromatic rings. The number of amides is 1. The van der Waals surface area contributed by atoms with E-state index in [1.165, 1.54) is 36.0 Å². The summed E-state index contributed by atoms with van der Waals surface area (Å²) in [5.41, 5.74) is 4.00. The van der Waals surface area contributed by atoms with Gasteiger partial charge < -0.3 is 14.6 Å². The molecule has 1 aliphatic heterocycles. The van der Waals surface area contributed by atoms with Crippen LogP contribution in [0.15, 0.2) is 71.1 Å². The molecule has 1 aromatic heterocycles. The van der Waals surface area contributed by atoms with Gasteiger partial charge in [0, 0.05) is 26.2 Å². The molecule has 0 atom stereocenters. The first-order chi connectivity index (χ1) is 17.4. The fourth-order valence-corrected chi connectivity index (χ4v) is 4.78. The third-order valence-corrected chi connectivity index (χ3v) is 6.90. The minimum Gasteiger partial charge on any atom is -0.455 e. The Kier molecular flexibility index (Phi) is 9.00. The van der Waals surface area contributed by atoms with Gasteiger partial charge in [-0.1, -0.05) is 81.8 Å². The molecule has 1 saturated heterocycles. The number of rotatable bonds is 10. The molecule has 4 rings (SSSR count). The van der Waals surface area contributed by atoms with Gasteiger partial charge in [-0.2, -0.15) is 0 Å². The average molecular weight is 488 g/mol. The lowest BCUT2D eigenvalue weighted by Crippen LogP contribution is -2.37. The summed E-state index contributed by atoms with van der Waals surface area (Å²) in [4.78, 5) is 17.4. The first-order valence-corrected chi connectivity index (χ1v) is 13.3. The highest BCUT2D eigenvalue weighted by molar-refractivity contribution is 5.91. The van der Waals surface area contributed by atoms with E-state index in [0.29, 0.717) is 18.8 Å². The summed E-state index contributed by atoms with van der Waals surface area (Å²) in [5.74, 6) is 1.06. The molecule has 0 aliphatic carbocycles. The van der Waals surface area contributed by atoms with Crippen molar-refractivity contribution in [2.24, 2.45) is 0 Å². The lowest BCUT2D eigenvalue weighted by Gasteiger charge is -2.26. The predicted octanol–water partition coefficient (Wildman–Crippen LogP) is 6.00. The molecule has 1 amide bonds. The van der Waals surface area contributed by atoms with E-state index in [2.05, 4.69) is 84.4 Å². The zero-order valence-electron chi connectivity index (χ0n) is 22.1. The zero-order chi connectivity index (χ0) is 25.4. The van der Waals surface area contributed by atoms with E-state index in [4.69, 9.17) is 4.42 Å². The third kappa shape index (κ3) is 7.81. The molecule has 0 radical (unpaired) electrons. The molecule has 2 aromatic carbocycles. The number of carbonyl (C=O) groups excluding carboxylic acids is 1. The standard InChI is InChI=1S/C31H41N3O2/c1-31(2,3)27-14-12-26(13-15-27)23-34(22-25-10-6-4-7-11-25)24-28-16-17-29(36-28)30(35)32-18-21-33-19-8-5-9-20-33/h4,6-7,10-17H,5,8-9,18-24H2,1-3H3,(H,32,35). The van der Waals surface area contributed by atoms with Gasteiger partial charge in [0.2, 0.25) is 0 Å². The number of nitrogens with zero attached hydrogens (tertiary/aromatic N) is 2. The summed E-state index contributed by atoms with van der Waals surface area (Å²) < 4.78 is 5.99. The van der Waals surface area contributed by atoms with Crippen molar-refractivity contribution in [3.8, 4) is 0 Å². The van der Waals surface area contributed by atoms with Crippen molar-refractivity contribution in [1.29, 1.82) is 0 Å². The maximum Gasteiger partial charge on any atom is 0.287 e. The van der Waals surface area contributed by atoms with Crippen LogP contribution in [-0.2, 0) is 25.0 Å². The van der Waals surface area contributed by atoms with Crippen LogP contribution in [0.1, 0.15) is 73.0 Å². The minimum absolute atomic E-state index is 0.134. The van der Waals surface area contributed by atoms with Crippen LogP contribution in [0.2, 0.25) is 0 Å². The molecule has 192 valence electrons. The molecule has 0 spiro atoms. The summed E-state index contributed by atoms with van der Waals surface area (Å²) in [7, 11) is 0. The van der Waals surface area contributed by atoms with Crippen molar-refractivity contribution in [3.05, 3.63) is 94.9 Å². The number of nitrogens with one attached hydrogen (secondary N) is 1. The lowest BCUT2D eigenvalue weighted by atomic mass is 9.87. The Hall–Kier alpha value is -2.89. The Labute approximate surface area is 216 Å². The molecule has 0 bridgehead atoms. The number of likely N-dealkylation sites (tertiary alicyclic amines) is 1. The molecule has 5 heteroatoms. The minimum atomic E-state index is -0.134. The van der Waals surface area contributed by atoms with Crippen molar-refractivity contribution >= 4 is 5.91 Å². The van der Waals surface area contributed by atoms with Crippen molar-refractivity contribution in [1.82, 2.24) is 15.1 Å². The first kappa shape index (κ1) is 26.2. The predicted molar refractivity (Wildman–Crippen MR) is 146 cm³/mol. The Morgan fingerprint density at radius 3 is 2.19 bits per heavy atom. The van der Waals surface area contributed by atoms with Gasteiger partial charge in [-0.05, 0) is 60.2 Å². The molecule has 1 aliphatic rings. The zero-order valence-corrected chi connectivity index (χ0v) is 22.1. The van der Waals surface area contributed by atoms with Crippen molar-refractivity contribution < 1.29 is 9.21 Å². The Morgan fingerprint density at radius 2 is 1.53 bits per heavy atom. The van der Waals surface area contributed by atoms with Gasteiger partial charge in [-0.3, -0.25) is 9.69 Å². The summed E-state index contributed by atoms with van der Waals surface area (Å²) in [5, 5.41) is 3.02. The van der Waals surface area contributed by atoms with Gasteiger partial charge in [0.25, 0.3) is 5.91 Å².